The summed E-state index contributed by atoms with van der Waals surface area (Å²) < 4.78 is 6.56. The molecule has 0 spiro atoms. The number of halogens is 1. The van der Waals surface area contributed by atoms with Gasteiger partial charge in [-0.1, -0.05) is 24.6 Å². The number of anilines is 1. The number of fused-ring (bicyclic) bond motifs is 1. The molecule has 0 bridgehead atoms. The van der Waals surface area contributed by atoms with Gasteiger partial charge in [-0.15, -0.1) is 0 Å². The van der Waals surface area contributed by atoms with E-state index in [4.69, 9.17) is 11.6 Å². The number of ether oxygens (including phenoxy) is 1. The van der Waals surface area contributed by atoms with E-state index in [-0.39, 0.29) is 0 Å². The molecular weight excluding hydrogens is 342 g/mol. The fraction of sp³-hybridized carbons (Fsp3) is 0.167. The summed E-state index contributed by atoms with van der Waals surface area (Å²) in [7, 11) is 1.29. The Morgan fingerprint density at radius 2 is 2.08 bits per heavy atom. The third kappa shape index (κ3) is 3.21. The Kier molecular flexibility index (Phi) is 4.72. The highest BCUT2D eigenvalue weighted by Crippen LogP contribution is 2.25. The first-order valence-electron chi connectivity index (χ1n) is 7.70. The molecule has 2 aromatic heterocycles. The predicted octanol–water partition coefficient (Wildman–Crippen LogP) is 3.59. The third-order valence-electron chi connectivity index (χ3n) is 3.79. The molecule has 1 aromatic carbocycles. The number of methoxy groups -OCH3 is 1. The van der Waals surface area contributed by atoms with Gasteiger partial charge in [0.2, 0.25) is 0 Å². The van der Waals surface area contributed by atoms with Gasteiger partial charge in [0.1, 0.15) is 5.82 Å². The lowest BCUT2D eigenvalue weighted by atomic mass is 10.2. The highest BCUT2D eigenvalue weighted by molar-refractivity contribution is 6.34. The molecule has 0 saturated heterocycles. The molecule has 2 heterocycles. The number of amides is 1. The van der Waals surface area contributed by atoms with Crippen LogP contribution in [0, 0.1) is 0 Å². The second-order valence-corrected chi connectivity index (χ2v) is 5.73. The van der Waals surface area contributed by atoms with E-state index < -0.39 is 11.9 Å². The van der Waals surface area contributed by atoms with Crippen LogP contribution in [-0.4, -0.2) is 28.4 Å². The molecule has 0 aliphatic rings. The molecule has 0 atom stereocenters. The van der Waals surface area contributed by atoms with E-state index in [0.29, 0.717) is 33.9 Å². The average molecular weight is 358 g/mol. The smallest absolute Gasteiger partial charge is 0.337 e. The minimum atomic E-state index is -0.507. The number of hydrogen-bond donors (Lipinski definition) is 1. The Bertz CT molecular complexity index is 965. The van der Waals surface area contributed by atoms with Crippen molar-refractivity contribution in [3.63, 3.8) is 0 Å². The van der Waals surface area contributed by atoms with Crippen LogP contribution in [0.1, 0.15) is 33.6 Å². The molecule has 25 heavy (non-hydrogen) atoms. The van der Waals surface area contributed by atoms with Crippen molar-refractivity contribution in [1.82, 2.24) is 9.38 Å². The van der Waals surface area contributed by atoms with Crippen LogP contribution in [0.25, 0.3) is 5.52 Å². The van der Waals surface area contributed by atoms with Gasteiger partial charge >= 0.3 is 5.97 Å². The molecule has 0 saturated carbocycles. The van der Waals surface area contributed by atoms with E-state index in [0.717, 1.165) is 5.82 Å². The van der Waals surface area contributed by atoms with Gasteiger partial charge in [-0.05, 0) is 30.3 Å². The fourth-order valence-corrected chi connectivity index (χ4v) is 2.73. The van der Waals surface area contributed by atoms with Crippen LogP contribution in [-0.2, 0) is 11.2 Å². The van der Waals surface area contributed by atoms with Crippen molar-refractivity contribution in [2.75, 3.05) is 12.4 Å². The highest BCUT2D eigenvalue weighted by atomic mass is 35.5. The maximum atomic E-state index is 12.7. The lowest BCUT2D eigenvalue weighted by Gasteiger charge is -2.08. The maximum Gasteiger partial charge on any atom is 0.337 e. The van der Waals surface area contributed by atoms with Crippen molar-refractivity contribution in [2.24, 2.45) is 0 Å². The van der Waals surface area contributed by atoms with E-state index in [2.05, 4.69) is 15.0 Å². The van der Waals surface area contributed by atoms with E-state index in [9.17, 15) is 9.59 Å². The van der Waals surface area contributed by atoms with Crippen molar-refractivity contribution in [3.8, 4) is 0 Å². The zero-order valence-corrected chi connectivity index (χ0v) is 14.5. The first-order valence-corrected chi connectivity index (χ1v) is 8.08. The largest absolute Gasteiger partial charge is 0.465 e. The van der Waals surface area contributed by atoms with Gasteiger partial charge in [0.05, 0.1) is 28.9 Å². The van der Waals surface area contributed by atoms with E-state index in [1.807, 2.05) is 35.7 Å². The summed E-state index contributed by atoms with van der Waals surface area (Å²) in [6.45, 7) is 1.97. The number of nitrogens with zero attached hydrogens (tertiary/aromatic N) is 2. The molecule has 1 amide bonds. The van der Waals surface area contributed by atoms with E-state index in [1.165, 1.54) is 25.3 Å². The Morgan fingerprint density at radius 1 is 1.28 bits per heavy atom. The minimum Gasteiger partial charge on any atom is -0.465 e. The second kappa shape index (κ2) is 6.94. The van der Waals surface area contributed by atoms with Gasteiger partial charge in [-0.2, -0.15) is 0 Å². The maximum absolute atomic E-state index is 12.7. The zero-order valence-electron chi connectivity index (χ0n) is 13.7. The molecule has 1 N–H and O–H groups in total. The number of pyridine rings is 1. The number of rotatable bonds is 4. The molecule has 0 radical (unpaired) electrons. The van der Waals surface area contributed by atoms with Gasteiger partial charge in [-0.25, -0.2) is 9.78 Å². The molecule has 3 aromatic rings. The molecule has 6 nitrogen and oxygen atoms in total. The third-order valence-corrected chi connectivity index (χ3v) is 4.12. The van der Waals surface area contributed by atoms with Crippen molar-refractivity contribution in [3.05, 3.63) is 64.7 Å². The first kappa shape index (κ1) is 17.0. The van der Waals surface area contributed by atoms with Crippen LogP contribution < -0.4 is 5.32 Å². The summed E-state index contributed by atoms with van der Waals surface area (Å²) in [5.74, 6) is -0.115. The topological polar surface area (TPSA) is 72.7 Å². The van der Waals surface area contributed by atoms with Gasteiger partial charge in [0, 0.05) is 12.6 Å². The molecule has 0 aliphatic heterocycles. The van der Waals surface area contributed by atoms with Crippen molar-refractivity contribution in [2.45, 2.75) is 13.3 Å². The highest BCUT2D eigenvalue weighted by Gasteiger charge is 2.18. The number of nitrogens with one attached hydrogen (secondary N) is 1. The Morgan fingerprint density at radius 3 is 2.80 bits per heavy atom. The van der Waals surface area contributed by atoms with Gasteiger partial charge in [0.25, 0.3) is 5.91 Å². The van der Waals surface area contributed by atoms with Gasteiger partial charge in [0.15, 0.2) is 5.69 Å². The monoisotopic (exact) mass is 357 g/mol. The summed E-state index contributed by atoms with van der Waals surface area (Å²) in [4.78, 5) is 28.8. The van der Waals surface area contributed by atoms with Crippen molar-refractivity contribution >= 4 is 34.7 Å². The summed E-state index contributed by atoms with van der Waals surface area (Å²) in [5.41, 5.74) is 1.63. The normalized spacial score (nSPS) is 10.7. The van der Waals surface area contributed by atoms with Crippen LogP contribution >= 0.6 is 11.6 Å². The van der Waals surface area contributed by atoms with Crippen LogP contribution in [0.3, 0.4) is 0 Å². The standard InChI is InChI=1S/C18H16ClN3O3/c1-3-15-21-16(14-6-4-5-9-22(14)15)17(23)20-13-10-11(18(24)25-2)7-8-12(13)19/h4-10H,3H2,1-2H3,(H,20,23). The van der Waals surface area contributed by atoms with Crippen molar-refractivity contribution < 1.29 is 14.3 Å². The van der Waals surface area contributed by atoms with E-state index in [1.54, 1.807) is 0 Å². The number of esters is 1. The van der Waals surface area contributed by atoms with Gasteiger partial charge < -0.3 is 14.5 Å². The summed E-state index contributed by atoms with van der Waals surface area (Å²) in [5, 5.41) is 3.04. The lowest BCUT2D eigenvalue weighted by Crippen LogP contribution is -2.14. The number of aromatic nitrogens is 2. The van der Waals surface area contributed by atoms with E-state index >= 15 is 0 Å². The quantitative estimate of drug-likeness (QED) is 0.724. The Labute approximate surface area is 149 Å². The lowest BCUT2D eigenvalue weighted by molar-refractivity contribution is 0.0600. The average Bonchev–Trinajstić information content (AvgIpc) is 3.02. The number of imidazole rings is 1. The summed E-state index contributed by atoms with van der Waals surface area (Å²) in [6.07, 6.45) is 2.56. The molecule has 0 unspecified atom stereocenters. The van der Waals surface area contributed by atoms with Crippen LogP contribution in [0.5, 0.6) is 0 Å². The Balaban J connectivity index is 1.97. The minimum absolute atomic E-state index is 0.297. The molecule has 0 fully saturated rings. The molecule has 3 rings (SSSR count). The number of hydrogen-bond acceptors (Lipinski definition) is 4. The van der Waals surface area contributed by atoms with Crippen molar-refractivity contribution in [1.29, 1.82) is 0 Å². The number of carbonyl (C=O) groups excluding carboxylic acids is 2. The van der Waals surface area contributed by atoms with Gasteiger partial charge in [-0.3, -0.25) is 4.79 Å². The Hall–Kier alpha value is -2.86. The first-order chi connectivity index (χ1) is 12.0. The molecule has 128 valence electrons. The molecular formula is C18H16ClN3O3. The SMILES string of the molecule is CCc1nc(C(=O)Nc2cc(C(=O)OC)ccc2Cl)c2ccccn12. The predicted molar refractivity (Wildman–Crippen MR) is 95.3 cm³/mol. The number of benzene rings is 1. The molecule has 0 aliphatic carbocycles. The molecule has 7 heteroatoms. The van der Waals surface area contributed by atoms with Crippen LogP contribution in [0.4, 0.5) is 5.69 Å². The second-order valence-electron chi connectivity index (χ2n) is 5.33. The summed E-state index contributed by atoms with van der Waals surface area (Å²) in [6, 6.07) is 10.1. The van der Waals surface area contributed by atoms with Crippen LogP contribution in [0.15, 0.2) is 42.6 Å². The fourth-order valence-electron chi connectivity index (χ4n) is 2.57. The number of aryl methyl sites for hydroxylation is 1. The zero-order chi connectivity index (χ0) is 18.0. The van der Waals surface area contributed by atoms with Crippen LogP contribution in [0.2, 0.25) is 5.02 Å². The summed E-state index contributed by atoms with van der Waals surface area (Å²) >= 11 is 6.13. The number of carbonyl (C=O) groups is 2.